The third kappa shape index (κ3) is 2.12. The Morgan fingerprint density at radius 3 is 2.53 bits per heavy atom. The molecule has 5 heteroatoms. The number of hydrogen-bond acceptors (Lipinski definition) is 2. The molecule has 0 saturated heterocycles. The number of rotatable bonds is 1. The van der Waals surface area contributed by atoms with Gasteiger partial charge in [-0.25, -0.2) is 4.98 Å². The molecule has 78 valence electrons. The lowest BCUT2D eigenvalue weighted by Gasteiger charge is -2.02. The number of benzene rings is 1. The van der Waals surface area contributed by atoms with Gasteiger partial charge in [-0.15, -0.1) is 0 Å². The van der Waals surface area contributed by atoms with Crippen LogP contribution < -0.4 is 0 Å². The Morgan fingerprint density at radius 2 is 1.93 bits per heavy atom. The summed E-state index contributed by atoms with van der Waals surface area (Å²) in [6.45, 7) is 1.80. The Labute approximate surface area is 102 Å². The fourth-order valence-electron chi connectivity index (χ4n) is 1.19. The lowest BCUT2D eigenvalue weighted by atomic mass is 10.2. The van der Waals surface area contributed by atoms with Crippen molar-refractivity contribution in [1.29, 1.82) is 0 Å². The van der Waals surface area contributed by atoms with Crippen molar-refractivity contribution in [2.24, 2.45) is 0 Å². The zero-order chi connectivity index (χ0) is 11.0. The molecule has 0 bridgehead atoms. The predicted octanol–water partition coefficient (Wildman–Crippen LogP) is 4.61. The van der Waals surface area contributed by atoms with Gasteiger partial charge < -0.3 is 4.42 Å². The molecular formula is C10H6Cl3NO. The van der Waals surface area contributed by atoms with Crippen LogP contribution in [0.4, 0.5) is 0 Å². The molecule has 0 radical (unpaired) electrons. The van der Waals surface area contributed by atoms with E-state index in [4.69, 9.17) is 39.2 Å². The van der Waals surface area contributed by atoms with Gasteiger partial charge in [0, 0.05) is 5.02 Å². The number of halogens is 3. The van der Waals surface area contributed by atoms with Crippen molar-refractivity contribution in [3.05, 3.63) is 39.2 Å². The highest BCUT2D eigenvalue weighted by Crippen LogP contribution is 2.35. The van der Waals surface area contributed by atoms with Gasteiger partial charge >= 0.3 is 0 Å². The van der Waals surface area contributed by atoms with Gasteiger partial charge in [0.25, 0.3) is 0 Å². The Bertz CT molecular complexity index is 507. The van der Waals surface area contributed by atoms with Gasteiger partial charge in [-0.05, 0) is 19.1 Å². The number of oxazole rings is 1. The summed E-state index contributed by atoms with van der Waals surface area (Å²) >= 11 is 17.8. The van der Waals surface area contributed by atoms with Crippen LogP contribution in [-0.4, -0.2) is 4.98 Å². The number of aromatic nitrogens is 1. The maximum absolute atomic E-state index is 6.02. The Balaban J connectivity index is 2.62. The van der Waals surface area contributed by atoms with E-state index < -0.39 is 0 Å². The van der Waals surface area contributed by atoms with Crippen molar-refractivity contribution in [2.75, 3.05) is 0 Å². The smallest absolute Gasteiger partial charge is 0.227 e. The van der Waals surface area contributed by atoms with Crippen LogP contribution in [0.3, 0.4) is 0 Å². The van der Waals surface area contributed by atoms with Crippen LogP contribution in [0.2, 0.25) is 15.1 Å². The molecule has 0 N–H and O–H groups in total. The second-order valence-corrected chi connectivity index (χ2v) is 4.25. The van der Waals surface area contributed by atoms with E-state index in [1.807, 2.05) is 0 Å². The van der Waals surface area contributed by atoms with Crippen molar-refractivity contribution < 1.29 is 4.42 Å². The molecule has 0 amide bonds. The highest BCUT2D eigenvalue weighted by molar-refractivity contribution is 6.44. The fourth-order valence-corrected chi connectivity index (χ4v) is 1.87. The molecule has 0 aliphatic heterocycles. The van der Waals surface area contributed by atoms with Crippen LogP contribution in [0, 0.1) is 6.92 Å². The average Bonchev–Trinajstić information content (AvgIpc) is 2.58. The van der Waals surface area contributed by atoms with E-state index in [-0.39, 0.29) is 0 Å². The Hall–Kier alpha value is -0.700. The number of hydrogen-bond donors (Lipinski definition) is 0. The van der Waals surface area contributed by atoms with Crippen molar-refractivity contribution in [3.63, 3.8) is 0 Å². The topological polar surface area (TPSA) is 26.0 Å². The van der Waals surface area contributed by atoms with Crippen LogP contribution in [0.25, 0.3) is 11.5 Å². The van der Waals surface area contributed by atoms with E-state index in [0.29, 0.717) is 32.3 Å². The van der Waals surface area contributed by atoms with E-state index in [1.165, 1.54) is 0 Å². The molecule has 0 aliphatic carbocycles. The van der Waals surface area contributed by atoms with Gasteiger partial charge in [0.05, 0.1) is 21.8 Å². The second kappa shape index (κ2) is 4.05. The molecule has 2 nitrogen and oxygen atoms in total. The second-order valence-electron chi connectivity index (χ2n) is 3.03. The summed E-state index contributed by atoms with van der Waals surface area (Å²) in [7, 11) is 0. The Kier molecular flexibility index (Phi) is 2.91. The standard InChI is InChI=1S/C10H6Cl3NO/c1-5-4-14-10(15-5)7-2-6(11)3-8(12)9(7)13/h2-4H,1H3. The summed E-state index contributed by atoms with van der Waals surface area (Å²) in [5.74, 6) is 1.12. The molecule has 0 spiro atoms. The first-order valence-electron chi connectivity index (χ1n) is 4.15. The largest absolute Gasteiger partial charge is 0.441 e. The minimum absolute atomic E-state index is 0.384. The fraction of sp³-hybridized carbons (Fsp3) is 0.100. The summed E-state index contributed by atoms with van der Waals surface area (Å²) in [6.07, 6.45) is 1.61. The molecule has 0 atom stereocenters. The third-order valence-electron chi connectivity index (χ3n) is 1.84. The van der Waals surface area contributed by atoms with E-state index in [0.717, 1.165) is 0 Å². The van der Waals surface area contributed by atoms with Crippen molar-refractivity contribution in [1.82, 2.24) is 4.98 Å². The number of aryl methyl sites for hydroxylation is 1. The molecule has 1 aromatic heterocycles. The monoisotopic (exact) mass is 261 g/mol. The van der Waals surface area contributed by atoms with Crippen molar-refractivity contribution in [3.8, 4) is 11.5 Å². The van der Waals surface area contributed by atoms with E-state index in [1.54, 1.807) is 25.3 Å². The minimum Gasteiger partial charge on any atom is -0.441 e. The van der Waals surface area contributed by atoms with Gasteiger partial charge in [0.2, 0.25) is 5.89 Å². The van der Waals surface area contributed by atoms with E-state index >= 15 is 0 Å². The van der Waals surface area contributed by atoms with Crippen molar-refractivity contribution in [2.45, 2.75) is 6.92 Å². The molecule has 0 fully saturated rings. The summed E-state index contributed by atoms with van der Waals surface area (Å²) in [4.78, 5) is 4.06. The zero-order valence-corrected chi connectivity index (χ0v) is 9.99. The molecule has 15 heavy (non-hydrogen) atoms. The van der Waals surface area contributed by atoms with Crippen LogP contribution in [0.1, 0.15) is 5.76 Å². The summed E-state index contributed by atoms with van der Waals surface area (Å²) in [6, 6.07) is 3.24. The highest BCUT2D eigenvalue weighted by atomic mass is 35.5. The first-order valence-corrected chi connectivity index (χ1v) is 5.28. The summed E-state index contributed by atoms with van der Waals surface area (Å²) in [5, 5.41) is 1.27. The quantitative estimate of drug-likeness (QED) is 0.701. The third-order valence-corrected chi connectivity index (χ3v) is 2.86. The summed E-state index contributed by atoms with van der Waals surface area (Å²) < 4.78 is 5.35. The average molecular weight is 263 g/mol. The predicted molar refractivity (Wildman–Crippen MR) is 61.7 cm³/mol. The van der Waals surface area contributed by atoms with E-state index in [2.05, 4.69) is 4.98 Å². The Morgan fingerprint density at radius 1 is 1.20 bits per heavy atom. The maximum atomic E-state index is 6.02. The van der Waals surface area contributed by atoms with E-state index in [9.17, 15) is 0 Å². The maximum Gasteiger partial charge on any atom is 0.227 e. The van der Waals surface area contributed by atoms with Gasteiger partial charge in [-0.1, -0.05) is 34.8 Å². The molecule has 2 aromatic rings. The van der Waals surface area contributed by atoms with Gasteiger partial charge in [0.15, 0.2) is 0 Å². The summed E-state index contributed by atoms with van der Waals surface area (Å²) in [5.41, 5.74) is 0.599. The molecule has 2 rings (SSSR count). The lowest BCUT2D eigenvalue weighted by Crippen LogP contribution is -1.81. The SMILES string of the molecule is Cc1cnc(-c2cc(Cl)cc(Cl)c2Cl)o1. The molecule has 1 aromatic carbocycles. The van der Waals surface area contributed by atoms with Gasteiger partial charge in [0.1, 0.15) is 5.76 Å². The number of nitrogens with zero attached hydrogens (tertiary/aromatic N) is 1. The minimum atomic E-state index is 0.384. The van der Waals surface area contributed by atoms with Crippen LogP contribution in [0.15, 0.2) is 22.7 Å². The van der Waals surface area contributed by atoms with Crippen LogP contribution in [0.5, 0.6) is 0 Å². The van der Waals surface area contributed by atoms with Crippen LogP contribution in [-0.2, 0) is 0 Å². The molecule has 0 unspecified atom stereocenters. The lowest BCUT2D eigenvalue weighted by molar-refractivity contribution is 0.542. The van der Waals surface area contributed by atoms with Crippen molar-refractivity contribution >= 4 is 34.8 Å². The van der Waals surface area contributed by atoms with Crippen LogP contribution >= 0.6 is 34.8 Å². The molecule has 1 heterocycles. The first kappa shape index (κ1) is 10.8. The molecular weight excluding hydrogens is 256 g/mol. The first-order chi connectivity index (χ1) is 7.08. The van der Waals surface area contributed by atoms with Gasteiger partial charge in [-0.2, -0.15) is 0 Å². The molecule has 0 saturated carbocycles. The molecule has 0 aliphatic rings. The zero-order valence-electron chi connectivity index (χ0n) is 7.72. The highest BCUT2D eigenvalue weighted by Gasteiger charge is 2.13. The van der Waals surface area contributed by atoms with Gasteiger partial charge in [-0.3, -0.25) is 0 Å². The normalized spacial score (nSPS) is 10.7.